The summed E-state index contributed by atoms with van der Waals surface area (Å²) in [7, 11) is 0. The van der Waals surface area contributed by atoms with Crippen molar-refractivity contribution in [3.8, 4) is 0 Å². The SMILES string of the molecule is O=C(CS)c1ccccc1CC(=O)c1cccc2c1CCCC2. The molecule has 0 aromatic heterocycles. The molecule has 0 spiro atoms. The Kier molecular flexibility index (Phi) is 4.97. The van der Waals surface area contributed by atoms with Gasteiger partial charge >= 0.3 is 0 Å². The molecule has 0 bridgehead atoms. The second kappa shape index (κ2) is 7.14. The second-order valence-corrected chi connectivity index (χ2v) is 6.30. The summed E-state index contributed by atoms with van der Waals surface area (Å²) < 4.78 is 0. The van der Waals surface area contributed by atoms with E-state index >= 15 is 0 Å². The number of ketones is 2. The number of aryl methyl sites for hydroxylation is 1. The van der Waals surface area contributed by atoms with Crippen LogP contribution in [0, 0.1) is 0 Å². The van der Waals surface area contributed by atoms with E-state index in [1.54, 1.807) is 6.07 Å². The van der Waals surface area contributed by atoms with Gasteiger partial charge in [0.15, 0.2) is 11.6 Å². The summed E-state index contributed by atoms with van der Waals surface area (Å²) in [6.07, 6.45) is 4.65. The van der Waals surface area contributed by atoms with Crippen molar-refractivity contribution in [2.24, 2.45) is 0 Å². The fourth-order valence-electron chi connectivity index (χ4n) is 3.34. The van der Waals surface area contributed by atoms with Crippen molar-refractivity contribution < 1.29 is 9.59 Å². The van der Waals surface area contributed by atoms with Gasteiger partial charge in [-0.25, -0.2) is 0 Å². The molecule has 2 nitrogen and oxygen atoms in total. The molecule has 2 aromatic rings. The first-order valence-electron chi connectivity index (χ1n) is 8.06. The minimum Gasteiger partial charge on any atom is -0.294 e. The molecule has 0 amide bonds. The number of carbonyl (C=O) groups excluding carboxylic acids is 2. The molecule has 0 aliphatic heterocycles. The maximum absolute atomic E-state index is 12.8. The maximum Gasteiger partial charge on any atom is 0.172 e. The predicted octanol–water partition coefficient (Wildman–Crippen LogP) is 4.10. The smallest absolute Gasteiger partial charge is 0.172 e. The van der Waals surface area contributed by atoms with Crippen molar-refractivity contribution in [2.45, 2.75) is 32.1 Å². The number of hydrogen-bond donors (Lipinski definition) is 1. The fraction of sp³-hybridized carbons (Fsp3) is 0.300. The molecule has 23 heavy (non-hydrogen) atoms. The van der Waals surface area contributed by atoms with E-state index in [9.17, 15) is 9.59 Å². The summed E-state index contributed by atoms with van der Waals surface area (Å²) in [6.45, 7) is 0. The van der Waals surface area contributed by atoms with Gasteiger partial charge in [0.1, 0.15) is 0 Å². The normalized spacial score (nSPS) is 13.4. The zero-order valence-corrected chi connectivity index (χ0v) is 13.9. The molecule has 118 valence electrons. The highest BCUT2D eigenvalue weighted by molar-refractivity contribution is 7.81. The molecule has 0 saturated carbocycles. The van der Waals surface area contributed by atoms with Crippen LogP contribution < -0.4 is 0 Å². The lowest BCUT2D eigenvalue weighted by atomic mass is 9.85. The Morgan fingerprint density at radius 1 is 0.870 bits per heavy atom. The van der Waals surface area contributed by atoms with Gasteiger partial charge in [-0.2, -0.15) is 12.6 Å². The summed E-state index contributed by atoms with van der Waals surface area (Å²) in [5, 5.41) is 0. The third kappa shape index (κ3) is 3.40. The summed E-state index contributed by atoms with van der Waals surface area (Å²) >= 11 is 4.07. The molecule has 0 N–H and O–H groups in total. The van der Waals surface area contributed by atoms with E-state index in [1.807, 2.05) is 30.3 Å². The number of thiol groups is 1. The van der Waals surface area contributed by atoms with Crippen molar-refractivity contribution >= 4 is 24.2 Å². The van der Waals surface area contributed by atoms with Crippen molar-refractivity contribution in [2.75, 3.05) is 5.75 Å². The molecule has 3 heteroatoms. The Hall–Kier alpha value is -1.87. The quantitative estimate of drug-likeness (QED) is 0.663. The van der Waals surface area contributed by atoms with Crippen molar-refractivity contribution in [1.29, 1.82) is 0 Å². The minimum atomic E-state index is -0.0353. The number of fused-ring (bicyclic) bond motifs is 1. The van der Waals surface area contributed by atoms with Crippen LogP contribution in [-0.4, -0.2) is 17.3 Å². The Labute approximate surface area is 142 Å². The number of rotatable bonds is 5. The zero-order valence-electron chi connectivity index (χ0n) is 13.0. The van der Waals surface area contributed by atoms with Gasteiger partial charge in [-0.15, -0.1) is 0 Å². The van der Waals surface area contributed by atoms with Crippen LogP contribution in [0.4, 0.5) is 0 Å². The summed E-state index contributed by atoms with van der Waals surface area (Å²) in [6, 6.07) is 13.4. The lowest BCUT2D eigenvalue weighted by Gasteiger charge is -2.19. The van der Waals surface area contributed by atoms with Gasteiger partial charge in [0.05, 0.1) is 5.75 Å². The molecule has 0 heterocycles. The van der Waals surface area contributed by atoms with Gasteiger partial charge in [-0.3, -0.25) is 9.59 Å². The van der Waals surface area contributed by atoms with E-state index in [4.69, 9.17) is 0 Å². The van der Waals surface area contributed by atoms with E-state index in [2.05, 4.69) is 18.7 Å². The van der Waals surface area contributed by atoms with E-state index < -0.39 is 0 Å². The Bertz CT molecular complexity index is 749. The van der Waals surface area contributed by atoms with Crippen LogP contribution in [0.5, 0.6) is 0 Å². The van der Waals surface area contributed by atoms with Crippen molar-refractivity contribution in [1.82, 2.24) is 0 Å². The number of carbonyl (C=O) groups is 2. The largest absolute Gasteiger partial charge is 0.294 e. The van der Waals surface area contributed by atoms with Crippen molar-refractivity contribution in [3.63, 3.8) is 0 Å². The Morgan fingerprint density at radius 2 is 1.61 bits per heavy atom. The highest BCUT2D eigenvalue weighted by Gasteiger charge is 2.19. The maximum atomic E-state index is 12.8. The van der Waals surface area contributed by atoms with Crippen LogP contribution in [0.2, 0.25) is 0 Å². The first kappa shape index (κ1) is 16.0. The molecular weight excluding hydrogens is 304 g/mol. The third-order valence-electron chi connectivity index (χ3n) is 4.51. The molecular formula is C20H20O2S. The number of benzene rings is 2. The topological polar surface area (TPSA) is 34.1 Å². The highest BCUT2D eigenvalue weighted by Crippen LogP contribution is 2.26. The molecule has 0 fully saturated rings. The third-order valence-corrected chi connectivity index (χ3v) is 4.80. The molecule has 0 saturated heterocycles. The van der Waals surface area contributed by atoms with E-state index in [1.165, 1.54) is 17.5 Å². The van der Waals surface area contributed by atoms with Crippen LogP contribution >= 0.6 is 12.6 Å². The lowest BCUT2D eigenvalue weighted by molar-refractivity contribution is 0.0991. The van der Waals surface area contributed by atoms with Gasteiger partial charge in [0, 0.05) is 17.5 Å². The second-order valence-electron chi connectivity index (χ2n) is 5.99. The molecule has 0 atom stereocenters. The lowest BCUT2D eigenvalue weighted by Crippen LogP contribution is -2.14. The van der Waals surface area contributed by atoms with Gasteiger partial charge in [-0.1, -0.05) is 42.5 Å². The standard InChI is InChI=1S/C20H20O2S/c21-19(12-15-7-2-4-10-17(15)20(22)13-23)18-11-5-8-14-6-1-3-9-16(14)18/h2,4-5,7-8,10-11,23H,1,3,6,9,12-13H2. The molecule has 0 radical (unpaired) electrons. The van der Waals surface area contributed by atoms with Gasteiger partial charge in [0.2, 0.25) is 0 Å². The van der Waals surface area contributed by atoms with Gasteiger partial charge < -0.3 is 0 Å². The molecule has 2 aromatic carbocycles. The van der Waals surface area contributed by atoms with Crippen LogP contribution in [0.3, 0.4) is 0 Å². The highest BCUT2D eigenvalue weighted by atomic mass is 32.1. The number of Topliss-reactive ketones (excluding diaryl/α,β-unsaturated/α-hetero) is 2. The first-order chi connectivity index (χ1) is 11.2. The van der Waals surface area contributed by atoms with Crippen LogP contribution in [0.1, 0.15) is 50.2 Å². The number of hydrogen-bond acceptors (Lipinski definition) is 3. The molecule has 3 rings (SSSR count). The average Bonchev–Trinajstić information content (AvgIpc) is 2.61. The Balaban J connectivity index is 1.90. The first-order valence-corrected chi connectivity index (χ1v) is 8.70. The fourth-order valence-corrected chi connectivity index (χ4v) is 3.51. The summed E-state index contributed by atoms with van der Waals surface area (Å²) in [5.41, 5.74) is 4.75. The van der Waals surface area contributed by atoms with E-state index in [0.717, 1.165) is 30.4 Å². The Morgan fingerprint density at radius 3 is 2.43 bits per heavy atom. The predicted molar refractivity (Wildman–Crippen MR) is 95.7 cm³/mol. The van der Waals surface area contributed by atoms with Crippen molar-refractivity contribution in [3.05, 3.63) is 70.3 Å². The van der Waals surface area contributed by atoms with Crippen LogP contribution in [0.15, 0.2) is 42.5 Å². The summed E-state index contributed by atoms with van der Waals surface area (Å²) in [5.74, 6) is 0.223. The minimum absolute atomic E-state index is 0.0353. The molecule has 1 aliphatic carbocycles. The average molecular weight is 324 g/mol. The molecule has 1 aliphatic rings. The van der Waals surface area contributed by atoms with E-state index in [-0.39, 0.29) is 23.7 Å². The van der Waals surface area contributed by atoms with Gasteiger partial charge in [-0.05, 0) is 42.4 Å². The molecule has 0 unspecified atom stereocenters. The van der Waals surface area contributed by atoms with E-state index in [0.29, 0.717) is 5.56 Å². The summed E-state index contributed by atoms with van der Waals surface area (Å²) in [4.78, 5) is 24.8. The monoisotopic (exact) mass is 324 g/mol. The van der Waals surface area contributed by atoms with Gasteiger partial charge in [0.25, 0.3) is 0 Å². The zero-order chi connectivity index (χ0) is 16.2. The van der Waals surface area contributed by atoms with Crippen LogP contribution in [0.25, 0.3) is 0 Å². The van der Waals surface area contributed by atoms with Crippen LogP contribution in [-0.2, 0) is 19.3 Å².